The minimum atomic E-state index is -3.87. The highest BCUT2D eigenvalue weighted by atomic mass is 32.2. The zero-order valence-electron chi connectivity index (χ0n) is 17.8. The van der Waals surface area contributed by atoms with Crippen molar-refractivity contribution < 1.29 is 22.0 Å². The summed E-state index contributed by atoms with van der Waals surface area (Å²) in [6.45, 7) is 4.18. The number of amides is 2. The number of rotatable bonds is 5. The van der Waals surface area contributed by atoms with Crippen molar-refractivity contribution in [3.05, 3.63) is 70.6 Å². The molecule has 10 heteroatoms. The lowest BCUT2D eigenvalue weighted by Gasteiger charge is -2.23. The number of alkyl halides is 2. The number of carbonyl (C=O) groups is 1. The summed E-state index contributed by atoms with van der Waals surface area (Å²) in [5, 5.41) is 2.91. The summed E-state index contributed by atoms with van der Waals surface area (Å²) in [7, 11) is -3.87. The van der Waals surface area contributed by atoms with E-state index in [0.29, 0.717) is 26.6 Å². The molecule has 0 spiro atoms. The monoisotopic (exact) mass is 462 g/mol. The summed E-state index contributed by atoms with van der Waals surface area (Å²) < 4.78 is 53.8. The molecule has 1 N–H and O–H groups in total. The van der Waals surface area contributed by atoms with E-state index in [-0.39, 0.29) is 24.0 Å². The Morgan fingerprint density at radius 2 is 1.75 bits per heavy atom. The Labute approximate surface area is 185 Å². The SMILES string of the molecule is Cc1ccccc1CNC(=O)N1CC2=C(C1)CN(S(=O)(=O)c1ccc(C(C)(F)F)nc1)C2. The minimum Gasteiger partial charge on any atom is -0.334 e. The third-order valence-corrected chi connectivity index (χ3v) is 7.58. The van der Waals surface area contributed by atoms with Crippen LogP contribution >= 0.6 is 0 Å². The molecule has 3 heterocycles. The van der Waals surface area contributed by atoms with E-state index in [1.54, 1.807) is 4.90 Å². The van der Waals surface area contributed by atoms with Gasteiger partial charge in [0.05, 0.1) is 0 Å². The third-order valence-electron chi connectivity index (χ3n) is 5.80. The van der Waals surface area contributed by atoms with Crippen LogP contribution in [-0.2, 0) is 22.5 Å². The highest BCUT2D eigenvalue weighted by molar-refractivity contribution is 7.89. The second kappa shape index (κ2) is 8.25. The topological polar surface area (TPSA) is 82.6 Å². The van der Waals surface area contributed by atoms with E-state index in [2.05, 4.69) is 10.3 Å². The largest absolute Gasteiger partial charge is 0.334 e. The first-order valence-electron chi connectivity index (χ1n) is 10.2. The number of nitrogens with one attached hydrogen (secondary N) is 1. The van der Waals surface area contributed by atoms with Crippen LogP contribution in [0.15, 0.2) is 58.6 Å². The van der Waals surface area contributed by atoms with Crippen molar-refractivity contribution in [1.82, 2.24) is 19.5 Å². The molecular formula is C22H24F2N4O3S. The molecule has 1 aromatic carbocycles. The smallest absolute Gasteiger partial charge is 0.318 e. The van der Waals surface area contributed by atoms with Crippen LogP contribution in [0.4, 0.5) is 13.6 Å². The summed E-state index contributed by atoms with van der Waals surface area (Å²) in [5.41, 5.74) is 3.44. The van der Waals surface area contributed by atoms with Crippen LogP contribution in [0.25, 0.3) is 0 Å². The Hall–Kier alpha value is -2.85. The second-order valence-corrected chi connectivity index (χ2v) is 10.1. The van der Waals surface area contributed by atoms with Crippen molar-refractivity contribution >= 4 is 16.1 Å². The summed E-state index contributed by atoms with van der Waals surface area (Å²) in [6, 6.07) is 9.81. The van der Waals surface area contributed by atoms with Gasteiger partial charge in [0.1, 0.15) is 10.6 Å². The van der Waals surface area contributed by atoms with Gasteiger partial charge >= 0.3 is 6.03 Å². The number of hydrogen-bond donors (Lipinski definition) is 1. The van der Waals surface area contributed by atoms with Gasteiger partial charge in [-0.15, -0.1) is 0 Å². The van der Waals surface area contributed by atoms with Crippen molar-refractivity contribution in [3.63, 3.8) is 0 Å². The number of benzene rings is 1. The first kappa shape index (κ1) is 22.3. The van der Waals surface area contributed by atoms with Crippen LogP contribution in [0.5, 0.6) is 0 Å². The molecule has 2 amide bonds. The van der Waals surface area contributed by atoms with Crippen LogP contribution < -0.4 is 5.32 Å². The molecule has 0 bridgehead atoms. The van der Waals surface area contributed by atoms with Gasteiger partial charge in [0.25, 0.3) is 5.92 Å². The molecular weight excluding hydrogens is 438 g/mol. The third kappa shape index (κ3) is 4.37. The second-order valence-electron chi connectivity index (χ2n) is 8.19. The van der Waals surface area contributed by atoms with Crippen LogP contribution in [0.2, 0.25) is 0 Å². The Bertz CT molecular complexity index is 1160. The van der Waals surface area contributed by atoms with Crippen molar-refractivity contribution in [2.45, 2.75) is 31.2 Å². The van der Waals surface area contributed by atoms with E-state index < -0.39 is 21.6 Å². The number of nitrogens with zero attached hydrogens (tertiary/aromatic N) is 3. The molecule has 2 aromatic rings. The highest BCUT2D eigenvalue weighted by Gasteiger charge is 2.38. The fourth-order valence-corrected chi connectivity index (χ4v) is 5.27. The van der Waals surface area contributed by atoms with E-state index in [4.69, 9.17) is 0 Å². The Kier molecular flexibility index (Phi) is 5.76. The zero-order valence-corrected chi connectivity index (χ0v) is 18.6. The van der Waals surface area contributed by atoms with Gasteiger partial charge in [-0.3, -0.25) is 4.98 Å². The first-order chi connectivity index (χ1) is 15.1. The van der Waals surface area contributed by atoms with Gasteiger partial charge in [-0.1, -0.05) is 24.3 Å². The van der Waals surface area contributed by atoms with Crippen molar-refractivity contribution in [3.8, 4) is 0 Å². The lowest BCUT2D eigenvalue weighted by atomic mass is 10.1. The standard InChI is InChI=1S/C22H24F2N4O3S/c1-15-5-3-4-6-16(15)9-26-21(29)27-11-17-13-28(14-18(17)12-27)32(30,31)19-7-8-20(25-10-19)22(2,23)24/h3-8,10H,9,11-14H2,1-2H3,(H,26,29). The predicted octanol–water partition coefficient (Wildman–Crippen LogP) is 3.03. The van der Waals surface area contributed by atoms with Crippen LogP contribution in [0.3, 0.4) is 0 Å². The van der Waals surface area contributed by atoms with Crippen LogP contribution in [0, 0.1) is 6.92 Å². The Morgan fingerprint density at radius 3 is 2.31 bits per heavy atom. The predicted molar refractivity (Wildman–Crippen MR) is 115 cm³/mol. The van der Waals surface area contributed by atoms with Gasteiger partial charge in [-0.25, -0.2) is 13.2 Å². The molecule has 4 rings (SSSR count). The number of urea groups is 1. The quantitative estimate of drug-likeness (QED) is 0.693. The lowest BCUT2D eigenvalue weighted by molar-refractivity contribution is 0.0126. The maximum atomic E-state index is 13.3. The molecule has 0 atom stereocenters. The molecule has 2 aliphatic heterocycles. The molecule has 0 fully saturated rings. The molecule has 0 saturated carbocycles. The summed E-state index contributed by atoms with van der Waals surface area (Å²) >= 11 is 0. The van der Waals surface area contributed by atoms with Gasteiger partial charge in [0.15, 0.2) is 0 Å². The van der Waals surface area contributed by atoms with Crippen LogP contribution in [-0.4, -0.2) is 54.8 Å². The fourth-order valence-electron chi connectivity index (χ4n) is 3.89. The zero-order chi connectivity index (χ0) is 23.1. The van der Waals surface area contributed by atoms with Gasteiger partial charge < -0.3 is 10.2 Å². The van der Waals surface area contributed by atoms with Gasteiger partial charge in [0.2, 0.25) is 10.0 Å². The Morgan fingerprint density at radius 1 is 1.09 bits per heavy atom. The number of pyridine rings is 1. The van der Waals surface area contributed by atoms with Crippen LogP contribution in [0.1, 0.15) is 23.7 Å². The fraction of sp³-hybridized carbons (Fsp3) is 0.364. The van der Waals surface area contributed by atoms with E-state index >= 15 is 0 Å². The first-order valence-corrected chi connectivity index (χ1v) is 11.6. The number of sulfonamides is 1. The molecule has 7 nitrogen and oxygen atoms in total. The van der Waals surface area contributed by atoms with E-state index in [0.717, 1.165) is 40.6 Å². The van der Waals surface area contributed by atoms with E-state index in [1.807, 2.05) is 31.2 Å². The Balaban J connectivity index is 1.35. The van der Waals surface area contributed by atoms with Gasteiger partial charge in [0, 0.05) is 45.8 Å². The molecule has 0 aliphatic carbocycles. The van der Waals surface area contributed by atoms with E-state index in [1.165, 1.54) is 4.31 Å². The number of aromatic nitrogens is 1. The van der Waals surface area contributed by atoms with Crippen molar-refractivity contribution in [2.24, 2.45) is 0 Å². The van der Waals surface area contributed by atoms with Gasteiger partial charge in [-0.2, -0.15) is 13.1 Å². The molecule has 0 unspecified atom stereocenters. The molecule has 1 aromatic heterocycles. The normalized spacial score (nSPS) is 17.1. The van der Waals surface area contributed by atoms with Crippen molar-refractivity contribution in [1.29, 1.82) is 0 Å². The summed E-state index contributed by atoms with van der Waals surface area (Å²) in [4.78, 5) is 17.7. The number of carbonyl (C=O) groups excluding carboxylic acids is 1. The maximum Gasteiger partial charge on any atom is 0.318 e. The van der Waals surface area contributed by atoms with Gasteiger partial charge in [-0.05, 0) is 41.3 Å². The summed E-state index contributed by atoms with van der Waals surface area (Å²) in [5.74, 6) is -3.14. The number of aryl methyl sites for hydroxylation is 1. The molecule has 32 heavy (non-hydrogen) atoms. The summed E-state index contributed by atoms with van der Waals surface area (Å²) in [6.07, 6.45) is 0.969. The molecule has 2 aliphatic rings. The number of hydrogen-bond acceptors (Lipinski definition) is 4. The van der Waals surface area contributed by atoms with Crippen molar-refractivity contribution in [2.75, 3.05) is 26.2 Å². The lowest BCUT2D eigenvalue weighted by Crippen LogP contribution is -2.41. The molecule has 170 valence electrons. The van der Waals surface area contributed by atoms with E-state index in [9.17, 15) is 22.0 Å². The average Bonchev–Trinajstić information content (AvgIpc) is 3.32. The number of halogens is 2. The highest BCUT2D eigenvalue weighted by Crippen LogP contribution is 2.31. The average molecular weight is 463 g/mol. The minimum absolute atomic E-state index is 0.125. The molecule has 0 radical (unpaired) electrons. The molecule has 0 saturated heterocycles. The maximum absolute atomic E-state index is 13.3.